The first-order valence-electron chi connectivity index (χ1n) is 13.7. The van der Waals surface area contributed by atoms with E-state index in [1.54, 1.807) is 30.3 Å². The van der Waals surface area contributed by atoms with Crippen LogP contribution in [-0.2, 0) is 27.9 Å². The van der Waals surface area contributed by atoms with Crippen molar-refractivity contribution < 1.29 is 26.7 Å². The number of ether oxygens (including phenoxy) is 2. The van der Waals surface area contributed by atoms with Crippen molar-refractivity contribution in [2.24, 2.45) is 0 Å². The van der Waals surface area contributed by atoms with Gasteiger partial charge in [-0.05, 0) is 60.2 Å². The number of benzene rings is 3. The fourth-order valence-corrected chi connectivity index (χ4v) is 5.40. The van der Waals surface area contributed by atoms with Crippen LogP contribution in [0.1, 0.15) is 11.3 Å². The molecule has 1 aliphatic rings. The van der Waals surface area contributed by atoms with Crippen LogP contribution in [0.15, 0.2) is 83.5 Å². The first-order valence-corrected chi connectivity index (χ1v) is 15.6. The van der Waals surface area contributed by atoms with Crippen LogP contribution in [0.4, 0.5) is 21.6 Å². The molecule has 12 heteroatoms. The molecular weight excluding hydrogens is 573 g/mol. The van der Waals surface area contributed by atoms with Crippen LogP contribution in [0.25, 0.3) is 22.2 Å². The third kappa shape index (κ3) is 7.28. The van der Waals surface area contributed by atoms with E-state index >= 15 is 0 Å². The Hall–Kier alpha value is -4.52. The lowest BCUT2D eigenvalue weighted by atomic mass is 10.1. The molecular formula is C31H30FN5O5S. The zero-order valence-electron chi connectivity index (χ0n) is 23.4. The van der Waals surface area contributed by atoms with Gasteiger partial charge in [-0.1, -0.05) is 12.1 Å². The number of anilines is 3. The highest BCUT2D eigenvalue weighted by Gasteiger charge is 2.15. The summed E-state index contributed by atoms with van der Waals surface area (Å²) in [5.74, 6) is 2.05. The minimum Gasteiger partial charge on any atom is -0.487 e. The van der Waals surface area contributed by atoms with Crippen molar-refractivity contribution in [3.8, 4) is 17.1 Å². The molecule has 0 bridgehead atoms. The van der Waals surface area contributed by atoms with Gasteiger partial charge in [0.25, 0.3) is 0 Å². The number of furan rings is 1. The second-order valence-corrected chi connectivity index (χ2v) is 12.0. The smallest absolute Gasteiger partial charge is 0.229 e. The van der Waals surface area contributed by atoms with Crippen molar-refractivity contribution in [3.63, 3.8) is 0 Å². The second kappa shape index (κ2) is 12.4. The minimum absolute atomic E-state index is 0.0378. The average molecular weight is 604 g/mol. The lowest BCUT2D eigenvalue weighted by Gasteiger charge is -2.25. The molecule has 1 saturated heterocycles. The Kier molecular flexibility index (Phi) is 8.23. The molecule has 0 atom stereocenters. The number of fused-ring (bicyclic) bond motifs is 1. The van der Waals surface area contributed by atoms with Gasteiger partial charge in [0.1, 0.15) is 41.8 Å². The van der Waals surface area contributed by atoms with Gasteiger partial charge in [0.2, 0.25) is 10.0 Å². The quantitative estimate of drug-likeness (QED) is 0.212. The monoisotopic (exact) mass is 603 g/mol. The number of aromatic nitrogens is 2. The van der Waals surface area contributed by atoms with E-state index in [1.165, 1.54) is 18.5 Å². The highest BCUT2D eigenvalue weighted by atomic mass is 32.2. The van der Waals surface area contributed by atoms with E-state index in [2.05, 4.69) is 24.9 Å². The predicted octanol–water partition coefficient (Wildman–Crippen LogP) is 5.56. The Bertz CT molecular complexity index is 1860. The van der Waals surface area contributed by atoms with E-state index in [1.807, 2.05) is 30.3 Å². The SMILES string of the molecule is CS(=O)(=O)Nc1ccc(Nc2ncnc3ccc(-c4ccc(CN5CCOCC5)o4)cc23)cc1OCc1cccc(F)c1. The van der Waals surface area contributed by atoms with Crippen LogP contribution in [0.3, 0.4) is 0 Å². The van der Waals surface area contributed by atoms with Crippen molar-refractivity contribution >= 4 is 38.1 Å². The summed E-state index contributed by atoms with van der Waals surface area (Å²) in [6.45, 7) is 3.97. The maximum atomic E-state index is 13.7. The topological polar surface area (TPSA) is 119 Å². The number of rotatable bonds is 10. The average Bonchev–Trinajstić information content (AvgIpc) is 3.45. The molecule has 5 aromatic rings. The number of halogens is 1. The Morgan fingerprint density at radius 1 is 1.00 bits per heavy atom. The van der Waals surface area contributed by atoms with Crippen LogP contribution in [0.2, 0.25) is 0 Å². The van der Waals surface area contributed by atoms with E-state index < -0.39 is 10.0 Å². The number of sulfonamides is 1. The first-order chi connectivity index (χ1) is 20.8. The maximum Gasteiger partial charge on any atom is 0.229 e. The summed E-state index contributed by atoms with van der Waals surface area (Å²) in [5.41, 5.74) is 3.07. The minimum atomic E-state index is -3.58. The van der Waals surface area contributed by atoms with Gasteiger partial charge >= 0.3 is 0 Å². The molecule has 0 unspecified atom stereocenters. The molecule has 43 heavy (non-hydrogen) atoms. The molecule has 0 saturated carbocycles. The van der Waals surface area contributed by atoms with Gasteiger partial charge in [0, 0.05) is 35.8 Å². The molecule has 6 rings (SSSR count). The van der Waals surface area contributed by atoms with Crippen LogP contribution in [-0.4, -0.2) is 55.8 Å². The summed E-state index contributed by atoms with van der Waals surface area (Å²) >= 11 is 0. The van der Waals surface area contributed by atoms with Gasteiger partial charge < -0.3 is 19.2 Å². The Morgan fingerprint density at radius 2 is 1.86 bits per heavy atom. The highest BCUT2D eigenvalue weighted by molar-refractivity contribution is 7.92. The largest absolute Gasteiger partial charge is 0.487 e. The van der Waals surface area contributed by atoms with Crippen molar-refractivity contribution in [1.82, 2.24) is 14.9 Å². The molecule has 2 aromatic heterocycles. The van der Waals surface area contributed by atoms with E-state index in [0.29, 0.717) is 17.1 Å². The van der Waals surface area contributed by atoms with Gasteiger partial charge in [-0.25, -0.2) is 22.8 Å². The number of hydrogen-bond acceptors (Lipinski definition) is 9. The zero-order chi connectivity index (χ0) is 29.8. The van der Waals surface area contributed by atoms with Gasteiger partial charge in [0.15, 0.2) is 0 Å². The number of nitrogens with one attached hydrogen (secondary N) is 2. The standard InChI is InChI=1S/C31H30FN5O5S/c1-43(38,39)36-28-9-6-24(17-30(28)41-19-21-3-2-4-23(32)15-21)35-31-26-16-22(5-8-27(26)33-20-34-31)29-10-7-25(42-29)18-37-11-13-40-14-12-37/h2-10,15-17,20,36H,11-14,18-19H2,1H3,(H,33,34,35). The third-order valence-corrected chi connectivity index (χ3v) is 7.48. The number of morpholine rings is 1. The Balaban J connectivity index is 1.26. The highest BCUT2D eigenvalue weighted by Crippen LogP contribution is 2.34. The molecule has 1 fully saturated rings. The third-order valence-electron chi connectivity index (χ3n) is 6.89. The van der Waals surface area contributed by atoms with Crippen LogP contribution >= 0.6 is 0 Å². The summed E-state index contributed by atoms with van der Waals surface area (Å²) < 4.78 is 57.7. The molecule has 0 spiro atoms. The van der Waals surface area contributed by atoms with Crippen LogP contribution < -0.4 is 14.8 Å². The molecule has 10 nitrogen and oxygen atoms in total. The Labute approximate surface area is 248 Å². The normalized spacial score (nSPS) is 14.1. The molecule has 3 aromatic carbocycles. The second-order valence-electron chi connectivity index (χ2n) is 10.2. The molecule has 1 aliphatic heterocycles. The van der Waals surface area contributed by atoms with E-state index in [4.69, 9.17) is 13.9 Å². The summed E-state index contributed by atoms with van der Waals surface area (Å²) in [6.07, 6.45) is 2.53. The summed E-state index contributed by atoms with van der Waals surface area (Å²) in [6, 6.07) is 20.8. The van der Waals surface area contributed by atoms with Crippen molar-refractivity contribution in [3.05, 3.63) is 96.3 Å². The van der Waals surface area contributed by atoms with Gasteiger partial charge in [-0.15, -0.1) is 0 Å². The van der Waals surface area contributed by atoms with Gasteiger partial charge in [0.05, 0.1) is 37.2 Å². The zero-order valence-corrected chi connectivity index (χ0v) is 24.2. The lowest BCUT2D eigenvalue weighted by Crippen LogP contribution is -2.35. The van der Waals surface area contributed by atoms with E-state index in [-0.39, 0.29) is 23.9 Å². The van der Waals surface area contributed by atoms with Crippen LogP contribution in [0, 0.1) is 5.82 Å². The fourth-order valence-electron chi connectivity index (χ4n) is 4.84. The number of hydrogen-bond donors (Lipinski definition) is 2. The van der Waals surface area contributed by atoms with E-state index in [0.717, 1.165) is 67.1 Å². The maximum absolute atomic E-state index is 13.7. The predicted molar refractivity (Wildman–Crippen MR) is 162 cm³/mol. The number of nitrogens with zero attached hydrogens (tertiary/aromatic N) is 3. The summed E-state index contributed by atoms with van der Waals surface area (Å²) in [4.78, 5) is 11.2. The first kappa shape index (κ1) is 28.6. The van der Waals surface area contributed by atoms with Crippen molar-refractivity contribution in [2.75, 3.05) is 42.6 Å². The van der Waals surface area contributed by atoms with Crippen molar-refractivity contribution in [1.29, 1.82) is 0 Å². The lowest BCUT2D eigenvalue weighted by molar-refractivity contribution is 0.0314. The summed E-state index contributed by atoms with van der Waals surface area (Å²) in [5, 5.41) is 4.08. The van der Waals surface area contributed by atoms with Crippen molar-refractivity contribution in [2.45, 2.75) is 13.2 Å². The van der Waals surface area contributed by atoms with E-state index in [9.17, 15) is 12.8 Å². The fraction of sp³-hybridized carbons (Fsp3) is 0.226. The van der Waals surface area contributed by atoms with Gasteiger partial charge in [-0.3, -0.25) is 9.62 Å². The molecule has 0 amide bonds. The summed E-state index contributed by atoms with van der Waals surface area (Å²) in [7, 11) is -3.58. The molecule has 222 valence electrons. The molecule has 0 radical (unpaired) electrons. The van der Waals surface area contributed by atoms with Crippen LogP contribution in [0.5, 0.6) is 5.75 Å². The molecule has 2 N–H and O–H groups in total. The molecule has 0 aliphatic carbocycles. The molecule has 3 heterocycles. The Morgan fingerprint density at radius 3 is 2.67 bits per heavy atom. The van der Waals surface area contributed by atoms with Gasteiger partial charge in [-0.2, -0.15) is 0 Å².